The summed E-state index contributed by atoms with van der Waals surface area (Å²) in [5, 5.41) is 0. The maximum Gasteiger partial charge on any atom is 0.232 e. The predicted molar refractivity (Wildman–Crippen MR) is 75.6 cm³/mol. The van der Waals surface area contributed by atoms with E-state index in [1.54, 1.807) is 35.8 Å². The van der Waals surface area contributed by atoms with Crippen molar-refractivity contribution in [3.63, 3.8) is 0 Å². The third-order valence-corrected chi connectivity index (χ3v) is 4.13. The fraction of sp³-hybridized carbons (Fsp3) is 0.357. The highest BCUT2D eigenvalue weighted by molar-refractivity contribution is 5.98. The average molecular weight is 282 g/mol. The van der Waals surface area contributed by atoms with Gasteiger partial charge in [-0.25, -0.2) is 19.9 Å². The Morgan fingerprint density at radius 3 is 2.52 bits per heavy atom. The van der Waals surface area contributed by atoms with E-state index in [9.17, 15) is 4.79 Å². The zero-order valence-corrected chi connectivity index (χ0v) is 11.3. The molecule has 0 aromatic carbocycles. The lowest BCUT2D eigenvalue weighted by atomic mass is 10.0. The van der Waals surface area contributed by atoms with Gasteiger partial charge in [0.05, 0.1) is 24.0 Å². The van der Waals surface area contributed by atoms with Crippen LogP contribution < -0.4 is 9.80 Å². The van der Waals surface area contributed by atoms with Crippen LogP contribution in [0.2, 0.25) is 0 Å². The fourth-order valence-electron chi connectivity index (χ4n) is 3.14. The Kier molecular flexibility index (Phi) is 2.77. The second-order valence-corrected chi connectivity index (χ2v) is 5.37. The molecule has 0 radical (unpaired) electrons. The first-order chi connectivity index (χ1) is 10.3. The third kappa shape index (κ3) is 2.01. The molecule has 2 saturated heterocycles. The maximum atomic E-state index is 12.6. The topological polar surface area (TPSA) is 75.1 Å². The van der Waals surface area contributed by atoms with Gasteiger partial charge in [-0.15, -0.1) is 0 Å². The monoisotopic (exact) mass is 282 g/mol. The lowest BCUT2D eigenvalue weighted by Gasteiger charge is -2.21. The second-order valence-electron chi connectivity index (χ2n) is 5.37. The molecular formula is C14H14N6O. The van der Waals surface area contributed by atoms with Crippen LogP contribution in [0.4, 0.5) is 11.6 Å². The van der Waals surface area contributed by atoms with Crippen molar-refractivity contribution in [1.82, 2.24) is 19.9 Å². The van der Waals surface area contributed by atoms with Crippen LogP contribution in [0.3, 0.4) is 0 Å². The number of amides is 1. The molecule has 2 aromatic rings. The summed E-state index contributed by atoms with van der Waals surface area (Å²) in [4.78, 5) is 32.9. The van der Waals surface area contributed by atoms with E-state index in [0.29, 0.717) is 25.0 Å². The van der Waals surface area contributed by atoms with Crippen molar-refractivity contribution in [2.45, 2.75) is 0 Å². The van der Waals surface area contributed by atoms with Gasteiger partial charge >= 0.3 is 0 Å². The van der Waals surface area contributed by atoms with Crippen molar-refractivity contribution >= 4 is 17.5 Å². The van der Waals surface area contributed by atoms with E-state index in [-0.39, 0.29) is 11.8 Å². The maximum absolute atomic E-state index is 12.6. The van der Waals surface area contributed by atoms with Crippen molar-refractivity contribution in [3.05, 3.63) is 37.2 Å². The molecule has 2 fully saturated rings. The van der Waals surface area contributed by atoms with E-state index >= 15 is 0 Å². The van der Waals surface area contributed by atoms with Gasteiger partial charge < -0.3 is 9.80 Å². The SMILES string of the molecule is O=C1[C@H]2CN(c3ncccn3)C[C@H]2CN1c1cncnc1. The Hall–Kier alpha value is -2.57. The molecule has 106 valence electrons. The number of aromatic nitrogens is 4. The van der Waals surface area contributed by atoms with Crippen LogP contribution in [0.1, 0.15) is 0 Å². The Morgan fingerprint density at radius 1 is 1.05 bits per heavy atom. The van der Waals surface area contributed by atoms with Gasteiger partial charge in [0.1, 0.15) is 6.33 Å². The normalized spacial score (nSPS) is 24.5. The van der Waals surface area contributed by atoms with E-state index in [0.717, 1.165) is 12.2 Å². The van der Waals surface area contributed by atoms with Gasteiger partial charge in [0.15, 0.2) is 0 Å². The fourth-order valence-corrected chi connectivity index (χ4v) is 3.14. The number of nitrogens with zero attached hydrogens (tertiary/aromatic N) is 6. The molecule has 0 unspecified atom stereocenters. The summed E-state index contributed by atoms with van der Waals surface area (Å²) in [6.07, 6.45) is 8.30. The van der Waals surface area contributed by atoms with E-state index in [4.69, 9.17) is 0 Å². The Balaban J connectivity index is 1.53. The summed E-state index contributed by atoms with van der Waals surface area (Å²) in [7, 11) is 0. The van der Waals surface area contributed by atoms with E-state index in [1.807, 2.05) is 0 Å². The van der Waals surface area contributed by atoms with Crippen molar-refractivity contribution in [2.24, 2.45) is 11.8 Å². The van der Waals surface area contributed by atoms with Gasteiger partial charge in [-0.3, -0.25) is 4.79 Å². The van der Waals surface area contributed by atoms with Gasteiger partial charge in [0, 0.05) is 37.9 Å². The molecule has 0 aliphatic carbocycles. The molecule has 21 heavy (non-hydrogen) atoms. The van der Waals surface area contributed by atoms with Crippen molar-refractivity contribution in [2.75, 3.05) is 29.4 Å². The molecule has 7 nitrogen and oxygen atoms in total. The molecule has 7 heteroatoms. The van der Waals surface area contributed by atoms with Gasteiger partial charge in [0.25, 0.3) is 0 Å². The molecule has 2 atom stereocenters. The number of fused-ring (bicyclic) bond motifs is 1. The quantitative estimate of drug-likeness (QED) is 0.792. The van der Waals surface area contributed by atoms with Gasteiger partial charge in [-0.05, 0) is 6.07 Å². The molecule has 0 bridgehead atoms. The summed E-state index contributed by atoms with van der Waals surface area (Å²) in [6, 6.07) is 1.79. The van der Waals surface area contributed by atoms with Crippen LogP contribution in [0.5, 0.6) is 0 Å². The zero-order valence-electron chi connectivity index (χ0n) is 11.3. The molecular weight excluding hydrogens is 268 g/mol. The average Bonchev–Trinajstić information content (AvgIpc) is 3.09. The second kappa shape index (κ2) is 4.76. The Bertz CT molecular complexity index is 649. The van der Waals surface area contributed by atoms with Gasteiger partial charge in [-0.2, -0.15) is 0 Å². The molecule has 1 amide bonds. The molecule has 2 aliphatic rings. The minimum Gasteiger partial charge on any atom is -0.340 e. The predicted octanol–water partition coefficient (Wildman–Crippen LogP) is 0.366. The Labute approximate surface area is 121 Å². The highest BCUT2D eigenvalue weighted by atomic mass is 16.2. The van der Waals surface area contributed by atoms with Crippen LogP contribution in [-0.4, -0.2) is 45.5 Å². The first-order valence-corrected chi connectivity index (χ1v) is 6.91. The summed E-state index contributed by atoms with van der Waals surface area (Å²) >= 11 is 0. The lowest BCUT2D eigenvalue weighted by molar-refractivity contribution is -0.120. The van der Waals surface area contributed by atoms with Crippen LogP contribution in [-0.2, 0) is 4.79 Å². The van der Waals surface area contributed by atoms with E-state index in [2.05, 4.69) is 24.8 Å². The van der Waals surface area contributed by atoms with Gasteiger partial charge in [0.2, 0.25) is 11.9 Å². The minimum absolute atomic E-state index is 0.00834. The number of anilines is 2. The van der Waals surface area contributed by atoms with Crippen LogP contribution in [0.15, 0.2) is 37.2 Å². The third-order valence-electron chi connectivity index (χ3n) is 4.13. The van der Waals surface area contributed by atoms with E-state index in [1.165, 1.54) is 6.33 Å². The van der Waals surface area contributed by atoms with Crippen molar-refractivity contribution < 1.29 is 4.79 Å². The van der Waals surface area contributed by atoms with Crippen LogP contribution in [0.25, 0.3) is 0 Å². The van der Waals surface area contributed by atoms with Crippen LogP contribution in [0, 0.1) is 11.8 Å². The summed E-state index contributed by atoms with van der Waals surface area (Å²) < 4.78 is 0. The molecule has 0 spiro atoms. The largest absolute Gasteiger partial charge is 0.340 e. The molecule has 0 N–H and O–H groups in total. The zero-order chi connectivity index (χ0) is 14.2. The molecule has 2 aromatic heterocycles. The minimum atomic E-state index is 0.00834. The van der Waals surface area contributed by atoms with Crippen LogP contribution >= 0.6 is 0 Å². The molecule has 0 saturated carbocycles. The molecule has 2 aliphatic heterocycles. The number of carbonyl (C=O) groups excluding carboxylic acids is 1. The van der Waals surface area contributed by atoms with E-state index < -0.39 is 0 Å². The first kappa shape index (κ1) is 12.2. The van der Waals surface area contributed by atoms with Gasteiger partial charge in [-0.1, -0.05) is 0 Å². The Morgan fingerprint density at radius 2 is 1.81 bits per heavy atom. The first-order valence-electron chi connectivity index (χ1n) is 6.91. The molecule has 4 rings (SSSR count). The van der Waals surface area contributed by atoms with Crippen molar-refractivity contribution in [1.29, 1.82) is 0 Å². The lowest BCUT2D eigenvalue weighted by Crippen LogP contribution is -2.33. The highest BCUT2D eigenvalue weighted by Crippen LogP contribution is 2.35. The summed E-state index contributed by atoms with van der Waals surface area (Å²) in [5.41, 5.74) is 0.777. The molecule has 4 heterocycles. The smallest absolute Gasteiger partial charge is 0.232 e. The summed E-state index contributed by atoms with van der Waals surface area (Å²) in [5.74, 6) is 1.16. The number of carbonyl (C=O) groups is 1. The number of rotatable bonds is 2. The summed E-state index contributed by atoms with van der Waals surface area (Å²) in [6.45, 7) is 2.20. The highest BCUT2D eigenvalue weighted by Gasteiger charge is 2.47. The number of hydrogen-bond acceptors (Lipinski definition) is 6. The number of hydrogen-bond donors (Lipinski definition) is 0. The standard InChI is InChI=1S/C14H14N6O/c21-13-12-8-19(14-17-2-1-3-18-14)6-10(12)7-20(13)11-4-15-9-16-5-11/h1-5,9-10,12H,6-8H2/t10-,12-/m0/s1. The van der Waals surface area contributed by atoms with Crippen molar-refractivity contribution in [3.8, 4) is 0 Å².